The summed E-state index contributed by atoms with van der Waals surface area (Å²) in [5.41, 5.74) is 0. The smallest absolute Gasteiger partial charge is 0.322 e. The Morgan fingerprint density at radius 1 is 1.44 bits per heavy atom. The third kappa shape index (κ3) is 3.54. The zero-order valence-corrected chi connectivity index (χ0v) is 12.1. The van der Waals surface area contributed by atoms with Crippen molar-refractivity contribution in [3.8, 4) is 0 Å². The predicted octanol–water partition coefficient (Wildman–Crippen LogP) is 1.70. The lowest BCUT2D eigenvalue weighted by molar-refractivity contribution is -0.140. The molecule has 0 aliphatic rings. The molecule has 7 heteroatoms. The molecule has 0 aliphatic heterocycles. The molecule has 1 aromatic heterocycles. The number of thiophene rings is 1. The fraction of sp³-hybridized carbons (Fsp3) is 0.545. The Balaban J connectivity index is 2.96. The van der Waals surface area contributed by atoms with Crippen molar-refractivity contribution in [2.45, 2.75) is 37.4 Å². The maximum absolute atomic E-state index is 12.0. The van der Waals surface area contributed by atoms with Gasteiger partial charge in [0.2, 0.25) is 0 Å². The van der Waals surface area contributed by atoms with Gasteiger partial charge in [-0.1, -0.05) is 20.8 Å². The zero-order chi connectivity index (χ0) is 13.9. The van der Waals surface area contributed by atoms with E-state index in [9.17, 15) is 13.2 Å². The van der Waals surface area contributed by atoms with Crippen LogP contribution in [0.1, 0.15) is 25.6 Å². The van der Waals surface area contributed by atoms with Gasteiger partial charge in [0, 0.05) is 4.88 Å². The first-order chi connectivity index (χ1) is 8.27. The van der Waals surface area contributed by atoms with E-state index in [0.29, 0.717) is 0 Å². The molecule has 0 amide bonds. The summed E-state index contributed by atoms with van der Waals surface area (Å²) in [5.74, 6) is -1.48. The molecule has 0 aromatic carbocycles. The third-order valence-electron chi connectivity index (χ3n) is 2.47. The molecule has 18 heavy (non-hydrogen) atoms. The van der Waals surface area contributed by atoms with Gasteiger partial charge >= 0.3 is 5.97 Å². The topological polar surface area (TPSA) is 83.5 Å². The van der Waals surface area contributed by atoms with Gasteiger partial charge in [-0.25, -0.2) is 8.42 Å². The average molecular weight is 291 g/mol. The third-order valence-corrected chi connectivity index (χ3v) is 5.63. The second kappa shape index (κ2) is 5.81. The van der Waals surface area contributed by atoms with Gasteiger partial charge in [-0.05, 0) is 24.5 Å². The number of carboxylic acids is 1. The van der Waals surface area contributed by atoms with Crippen LogP contribution in [-0.4, -0.2) is 25.5 Å². The molecule has 2 N–H and O–H groups in total. The Hall–Kier alpha value is -0.920. The highest BCUT2D eigenvalue weighted by Crippen LogP contribution is 2.22. The molecular weight excluding hydrogens is 274 g/mol. The Labute approximate surface area is 111 Å². The van der Waals surface area contributed by atoms with Crippen LogP contribution in [0.4, 0.5) is 0 Å². The molecule has 102 valence electrons. The summed E-state index contributed by atoms with van der Waals surface area (Å²) in [6, 6.07) is 2.14. The summed E-state index contributed by atoms with van der Waals surface area (Å²) in [6.45, 7) is 5.25. The van der Waals surface area contributed by atoms with Gasteiger partial charge in [-0.15, -0.1) is 11.3 Å². The van der Waals surface area contributed by atoms with Crippen LogP contribution in [0.3, 0.4) is 0 Å². The molecule has 0 aliphatic carbocycles. The van der Waals surface area contributed by atoms with Gasteiger partial charge < -0.3 is 5.11 Å². The van der Waals surface area contributed by atoms with Gasteiger partial charge in [-0.2, -0.15) is 4.72 Å². The molecule has 1 atom stereocenters. The second-order valence-electron chi connectivity index (χ2n) is 4.26. The second-order valence-corrected chi connectivity index (χ2v) is 7.36. The first-order valence-corrected chi connectivity index (χ1v) is 7.91. The van der Waals surface area contributed by atoms with E-state index in [4.69, 9.17) is 5.11 Å². The largest absolute Gasteiger partial charge is 0.480 e. The number of sulfonamides is 1. The summed E-state index contributed by atoms with van der Waals surface area (Å²) in [7, 11) is -3.75. The lowest BCUT2D eigenvalue weighted by Crippen LogP contribution is -2.43. The lowest BCUT2D eigenvalue weighted by atomic mass is 10.1. The van der Waals surface area contributed by atoms with Gasteiger partial charge in [0.1, 0.15) is 10.3 Å². The van der Waals surface area contributed by atoms with E-state index in [-0.39, 0.29) is 10.1 Å². The molecular formula is C11H17NO4S2. The molecule has 5 nitrogen and oxygen atoms in total. The standard InChI is InChI=1S/C11H17NO4S2/c1-4-8-5-6-9(17-8)18(15,16)12-10(7(2)3)11(13)14/h5-7,10,12H,4H2,1-3H3,(H,13,14). The Bertz CT molecular complexity index is 519. The number of aryl methyl sites for hydroxylation is 1. The van der Waals surface area contributed by atoms with Crippen molar-refractivity contribution < 1.29 is 18.3 Å². The van der Waals surface area contributed by atoms with Crippen LogP contribution in [0.2, 0.25) is 0 Å². The maximum Gasteiger partial charge on any atom is 0.322 e. The number of hydrogen-bond donors (Lipinski definition) is 2. The molecule has 0 bridgehead atoms. The van der Waals surface area contributed by atoms with E-state index >= 15 is 0 Å². The van der Waals surface area contributed by atoms with Crippen molar-refractivity contribution in [3.63, 3.8) is 0 Å². The van der Waals surface area contributed by atoms with Crippen LogP contribution in [0.15, 0.2) is 16.3 Å². The highest BCUT2D eigenvalue weighted by Gasteiger charge is 2.28. The summed E-state index contributed by atoms with van der Waals surface area (Å²) in [5, 5.41) is 8.98. The quantitative estimate of drug-likeness (QED) is 0.835. The number of aliphatic carboxylic acids is 1. The van der Waals surface area contributed by atoms with Gasteiger partial charge in [0.05, 0.1) is 0 Å². The van der Waals surface area contributed by atoms with Crippen LogP contribution >= 0.6 is 11.3 Å². The monoisotopic (exact) mass is 291 g/mol. The fourth-order valence-electron chi connectivity index (χ4n) is 1.39. The highest BCUT2D eigenvalue weighted by atomic mass is 32.2. The van der Waals surface area contributed by atoms with E-state index in [2.05, 4.69) is 4.72 Å². The van der Waals surface area contributed by atoms with Crippen molar-refractivity contribution in [2.75, 3.05) is 0 Å². The van der Waals surface area contributed by atoms with Crippen LogP contribution < -0.4 is 4.72 Å². The fourth-order valence-corrected chi connectivity index (χ4v) is 4.04. The van der Waals surface area contributed by atoms with Crippen LogP contribution in [0.5, 0.6) is 0 Å². The average Bonchev–Trinajstić information content (AvgIpc) is 2.74. The van der Waals surface area contributed by atoms with Crippen molar-refractivity contribution in [3.05, 3.63) is 17.0 Å². The number of carboxylic acid groups (broad SMARTS) is 1. The predicted molar refractivity (Wildman–Crippen MR) is 70.3 cm³/mol. The zero-order valence-electron chi connectivity index (χ0n) is 10.5. The van der Waals surface area contributed by atoms with Crippen molar-refractivity contribution in [2.24, 2.45) is 5.92 Å². The normalized spacial score (nSPS) is 13.8. The van der Waals surface area contributed by atoms with Gasteiger partial charge in [0.15, 0.2) is 0 Å². The lowest BCUT2D eigenvalue weighted by Gasteiger charge is -2.17. The minimum absolute atomic E-state index is 0.159. The summed E-state index contributed by atoms with van der Waals surface area (Å²) >= 11 is 1.16. The summed E-state index contributed by atoms with van der Waals surface area (Å²) < 4.78 is 26.4. The summed E-state index contributed by atoms with van der Waals surface area (Å²) in [4.78, 5) is 11.9. The van der Waals surface area contributed by atoms with Crippen LogP contribution in [0, 0.1) is 5.92 Å². The first kappa shape index (κ1) is 15.1. The van der Waals surface area contributed by atoms with E-state index in [1.54, 1.807) is 19.9 Å². The molecule has 1 aromatic rings. The van der Waals surface area contributed by atoms with Crippen LogP contribution in [0.25, 0.3) is 0 Å². The molecule has 0 saturated carbocycles. The molecule has 0 fully saturated rings. The van der Waals surface area contributed by atoms with Crippen LogP contribution in [-0.2, 0) is 21.2 Å². The summed E-state index contributed by atoms with van der Waals surface area (Å²) in [6.07, 6.45) is 0.757. The Kier molecular flexibility index (Phi) is 4.89. The van der Waals surface area contributed by atoms with Crippen molar-refractivity contribution >= 4 is 27.3 Å². The molecule has 1 heterocycles. The minimum atomic E-state index is -3.75. The molecule has 0 saturated heterocycles. The van der Waals surface area contributed by atoms with Gasteiger partial charge in [-0.3, -0.25) is 4.79 Å². The Morgan fingerprint density at radius 3 is 2.44 bits per heavy atom. The highest BCUT2D eigenvalue weighted by molar-refractivity contribution is 7.91. The first-order valence-electron chi connectivity index (χ1n) is 5.61. The molecule has 1 rings (SSSR count). The maximum atomic E-state index is 12.0. The van der Waals surface area contributed by atoms with E-state index in [1.807, 2.05) is 6.92 Å². The number of nitrogens with one attached hydrogen (secondary N) is 1. The van der Waals surface area contributed by atoms with Gasteiger partial charge in [0.25, 0.3) is 10.0 Å². The number of carbonyl (C=O) groups is 1. The minimum Gasteiger partial charge on any atom is -0.480 e. The molecule has 1 unspecified atom stereocenters. The van der Waals surface area contributed by atoms with Crippen molar-refractivity contribution in [1.82, 2.24) is 4.72 Å². The van der Waals surface area contributed by atoms with Crippen molar-refractivity contribution in [1.29, 1.82) is 0 Å². The Morgan fingerprint density at radius 2 is 2.06 bits per heavy atom. The van der Waals surface area contributed by atoms with E-state index < -0.39 is 22.0 Å². The molecule has 0 radical (unpaired) electrons. The number of rotatable bonds is 6. The van der Waals surface area contributed by atoms with E-state index in [1.165, 1.54) is 6.07 Å². The SMILES string of the molecule is CCc1ccc(S(=O)(=O)NC(C(=O)O)C(C)C)s1. The van der Waals surface area contributed by atoms with E-state index in [0.717, 1.165) is 22.6 Å². The number of hydrogen-bond acceptors (Lipinski definition) is 4. The molecule has 0 spiro atoms.